The highest BCUT2D eigenvalue weighted by atomic mass is 79.9. The fraction of sp³-hybridized carbons (Fsp3) is 0.462. The molecule has 0 bridgehead atoms. The summed E-state index contributed by atoms with van der Waals surface area (Å²) in [6.45, 7) is 2.70. The average molecular weight is 318 g/mol. The molecule has 1 atom stereocenters. The molecular weight excluding hydrogens is 301 g/mol. The van der Waals surface area contributed by atoms with Crippen LogP contribution >= 0.6 is 15.9 Å². The third-order valence-electron chi connectivity index (χ3n) is 2.60. The van der Waals surface area contributed by atoms with E-state index in [1.807, 2.05) is 6.92 Å². The van der Waals surface area contributed by atoms with E-state index in [1.54, 1.807) is 6.07 Å². The monoisotopic (exact) mass is 317 g/mol. The van der Waals surface area contributed by atoms with Crippen molar-refractivity contribution < 1.29 is 14.3 Å². The van der Waals surface area contributed by atoms with Crippen LogP contribution in [0.15, 0.2) is 22.7 Å². The molecule has 1 rings (SSSR count). The fourth-order valence-electron chi connectivity index (χ4n) is 1.68. The van der Waals surface area contributed by atoms with Gasteiger partial charge in [-0.1, -0.05) is 22.0 Å². The quantitative estimate of drug-likeness (QED) is 0.760. The van der Waals surface area contributed by atoms with Crippen molar-refractivity contribution in [1.82, 2.24) is 5.32 Å². The first-order valence-corrected chi connectivity index (χ1v) is 6.67. The second kappa shape index (κ2) is 7.48. The number of carboxylic acid groups (broad SMARTS) is 1. The van der Waals surface area contributed by atoms with Crippen LogP contribution in [0.25, 0.3) is 0 Å². The molecule has 0 aliphatic carbocycles. The summed E-state index contributed by atoms with van der Waals surface area (Å²) in [4.78, 5) is 10.3. The summed E-state index contributed by atoms with van der Waals surface area (Å²) in [6.07, 6.45) is 1.57. The summed E-state index contributed by atoms with van der Waals surface area (Å²) in [6, 6.07) is 4.87. The maximum absolute atomic E-state index is 12.9. The maximum atomic E-state index is 12.9. The van der Waals surface area contributed by atoms with E-state index >= 15 is 0 Å². The minimum absolute atomic E-state index is 0.181. The number of hydrogen-bond acceptors (Lipinski definition) is 2. The number of nitrogens with one attached hydrogen (secondary N) is 1. The van der Waals surface area contributed by atoms with E-state index in [0.717, 1.165) is 16.5 Å². The predicted molar refractivity (Wildman–Crippen MR) is 72.1 cm³/mol. The van der Waals surface area contributed by atoms with Crippen LogP contribution in [0.5, 0.6) is 0 Å². The lowest BCUT2D eigenvalue weighted by molar-refractivity contribution is -0.137. The van der Waals surface area contributed by atoms with Gasteiger partial charge in [0.1, 0.15) is 5.82 Å². The van der Waals surface area contributed by atoms with Crippen molar-refractivity contribution in [2.45, 2.75) is 32.2 Å². The molecular formula is C13H17BrFNO2. The van der Waals surface area contributed by atoms with E-state index in [1.165, 1.54) is 12.1 Å². The predicted octanol–water partition coefficient (Wildman–Crippen LogP) is 2.97. The van der Waals surface area contributed by atoms with Gasteiger partial charge in [-0.2, -0.15) is 0 Å². The number of carbonyl (C=O) groups is 1. The molecule has 2 N–H and O–H groups in total. The molecule has 0 radical (unpaired) electrons. The molecule has 100 valence electrons. The van der Waals surface area contributed by atoms with E-state index in [9.17, 15) is 9.18 Å². The Morgan fingerprint density at radius 3 is 2.89 bits per heavy atom. The molecule has 0 aliphatic rings. The van der Waals surface area contributed by atoms with Gasteiger partial charge >= 0.3 is 5.97 Å². The molecule has 1 aromatic carbocycles. The lowest BCUT2D eigenvalue weighted by atomic mass is 10.1. The molecule has 0 heterocycles. The normalized spacial score (nSPS) is 12.4. The number of benzene rings is 1. The third-order valence-corrected chi connectivity index (χ3v) is 3.34. The average Bonchev–Trinajstić information content (AvgIpc) is 2.28. The second-order valence-electron chi connectivity index (χ2n) is 4.29. The molecule has 0 aromatic heterocycles. The zero-order valence-corrected chi connectivity index (χ0v) is 11.8. The number of halogens is 2. The molecule has 0 amide bonds. The molecule has 3 nitrogen and oxygen atoms in total. The Morgan fingerprint density at radius 2 is 2.28 bits per heavy atom. The summed E-state index contributed by atoms with van der Waals surface area (Å²) in [7, 11) is 0. The molecule has 0 saturated carbocycles. The van der Waals surface area contributed by atoms with E-state index in [0.29, 0.717) is 13.0 Å². The lowest BCUT2D eigenvalue weighted by Crippen LogP contribution is -2.29. The summed E-state index contributed by atoms with van der Waals surface area (Å²) in [5.74, 6) is -1.03. The van der Waals surface area contributed by atoms with Gasteiger partial charge in [0.2, 0.25) is 0 Å². The fourth-order valence-corrected chi connectivity index (χ4v) is 2.19. The summed E-state index contributed by atoms with van der Waals surface area (Å²) < 4.78 is 13.7. The molecule has 5 heteroatoms. The van der Waals surface area contributed by atoms with Crippen molar-refractivity contribution in [3.8, 4) is 0 Å². The van der Waals surface area contributed by atoms with E-state index in [-0.39, 0.29) is 18.3 Å². The van der Waals surface area contributed by atoms with Crippen LogP contribution in [0, 0.1) is 5.82 Å². The van der Waals surface area contributed by atoms with Crippen molar-refractivity contribution in [2.75, 3.05) is 6.54 Å². The molecule has 0 saturated heterocycles. The van der Waals surface area contributed by atoms with Gasteiger partial charge in [0.25, 0.3) is 0 Å². The highest BCUT2D eigenvalue weighted by molar-refractivity contribution is 9.10. The number of hydrogen-bond donors (Lipinski definition) is 2. The summed E-state index contributed by atoms with van der Waals surface area (Å²) in [5, 5.41) is 11.8. The Kier molecular flexibility index (Phi) is 6.29. The Morgan fingerprint density at radius 1 is 1.56 bits per heavy atom. The Balaban J connectivity index is 2.35. The second-order valence-corrected chi connectivity index (χ2v) is 5.15. The Labute approximate surface area is 115 Å². The van der Waals surface area contributed by atoms with Crippen LogP contribution in [-0.4, -0.2) is 23.7 Å². The molecule has 0 spiro atoms. The van der Waals surface area contributed by atoms with Crippen LogP contribution in [0.4, 0.5) is 4.39 Å². The maximum Gasteiger partial charge on any atom is 0.303 e. The number of aliphatic carboxylic acids is 1. The smallest absolute Gasteiger partial charge is 0.303 e. The first-order valence-electron chi connectivity index (χ1n) is 5.88. The van der Waals surface area contributed by atoms with Gasteiger partial charge < -0.3 is 10.4 Å². The van der Waals surface area contributed by atoms with Crippen molar-refractivity contribution >= 4 is 21.9 Å². The van der Waals surface area contributed by atoms with Crippen LogP contribution in [0.2, 0.25) is 0 Å². The highest BCUT2D eigenvalue weighted by Gasteiger charge is 2.07. The molecule has 18 heavy (non-hydrogen) atoms. The van der Waals surface area contributed by atoms with E-state index in [2.05, 4.69) is 21.2 Å². The lowest BCUT2D eigenvalue weighted by Gasteiger charge is -2.14. The molecule has 0 aliphatic heterocycles. The molecule has 1 aromatic rings. The van der Waals surface area contributed by atoms with Crippen LogP contribution in [0.3, 0.4) is 0 Å². The minimum atomic E-state index is -0.772. The largest absolute Gasteiger partial charge is 0.481 e. The number of carboxylic acids is 1. The SMILES string of the molecule is CC(Cc1ccc(F)cc1Br)NCCCC(=O)O. The van der Waals surface area contributed by atoms with Crippen molar-refractivity contribution in [1.29, 1.82) is 0 Å². The zero-order valence-electron chi connectivity index (χ0n) is 10.2. The Bertz CT molecular complexity index is 412. The summed E-state index contributed by atoms with van der Waals surface area (Å²) in [5.41, 5.74) is 1.04. The van der Waals surface area contributed by atoms with Gasteiger partial charge in [0.15, 0.2) is 0 Å². The topological polar surface area (TPSA) is 49.3 Å². The van der Waals surface area contributed by atoms with Gasteiger partial charge in [-0.05, 0) is 44.0 Å². The van der Waals surface area contributed by atoms with Crippen LogP contribution in [-0.2, 0) is 11.2 Å². The highest BCUT2D eigenvalue weighted by Crippen LogP contribution is 2.19. The number of rotatable bonds is 7. The van der Waals surface area contributed by atoms with Gasteiger partial charge in [0.05, 0.1) is 0 Å². The first kappa shape index (κ1) is 15.1. The Hall–Kier alpha value is -0.940. The van der Waals surface area contributed by atoms with E-state index in [4.69, 9.17) is 5.11 Å². The molecule has 1 unspecified atom stereocenters. The standard InChI is InChI=1S/C13H17BrFNO2/c1-9(16-6-2-3-13(17)18)7-10-4-5-11(15)8-12(10)14/h4-5,8-9,16H,2-3,6-7H2,1H3,(H,17,18). The van der Waals surface area contributed by atoms with Gasteiger partial charge in [-0.3, -0.25) is 4.79 Å². The summed E-state index contributed by atoms with van der Waals surface area (Å²) >= 11 is 3.33. The van der Waals surface area contributed by atoms with E-state index < -0.39 is 5.97 Å². The third kappa shape index (κ3) is 5.60. The first-order chi connectivity index (χ1) is 8.49. The van der Waals surface area contributed by atoms with Crippen molar-refractivity contribution in [3.05, 3.63) is 34.1 Å². The molecule has 0 fully saturated rings. The van der Waals surface area contributed by atoms with Gasteiger partial charge in [-0.15, -0.1) is 0 Å². The minimum Gasteiger partial charge on any atom is -0.481 e. The zero-order chi connectivity index (χ0) is 13.5. The van der Waals surface area contributed by atoms with Crippen LogP contribution < -0.4 is 5.32 Å². The van der Waals surface area contributed by atoms with Crippen molar-refractivity contribution in [3.63, 3.8) is 0 Å². The van der Waals surface area contributed by atoms with Crippen molar-refractivity contribution in [2.24, 2.45) is 0 Å². The van der Waals surface area contributed by atoms with Gasteiger partial charge in [0, 0.05) is 16.9 Å². The van der Waals surface area contributed by atoms with Gasteiger partial charge in [-0.25, -0.2) is 4.39 Å². The van der Waals surface area contributed by atoms with Crippen LogP contribution in [0.1, 0.15) is 25.3 Å².